The van der Waals surface area contributed by atoms with E-state index in [9.17, 15) is 0 Å². The summed E-state index contributed by atoms with van der Waals surface area (Å²) in [6, 6.07) is 19.6. The van der Waals surface area contributed by atoms with E-state index in [-0.39, 0.29) is 6.04 Å². The fourth-order valence-electron chi connectivity index (χ4n) is 3.89. The standard InChI is InChI=1S/C23H17Cl3N2O/c1-13-2-4-14(5-3-13)20-12-21-18-10-15(24)7-9-22(18)29-23(28(21)27-20)17-8-6-16(25)11-19(17)26/h2-11,21,23H,12H2,1H3/t21-,23+/m1/s1. The van der Waals surface area contributed by atoms with Crippen molar-refractivity contribution in [3.63, 3.8) is 0 Å². The van der Waals surface area contributed by atoms with Gasteiger partial charge in [-0.2, -0.15) is 5.10 Å². The lowest BCUT2D eigenvalue weighted by molar-refractivity contribution is -0.0189. The fourth-order valence-corrected chi connectivity index (χ4v) is 4.57. The van der Waals surface area contributed by atoms with Gasteiger partial charge in [0.2, 0.25) is 6.23 Å². The third-order valence-corrected chi connectivity index (χ3v) is 6.16. The first-order chi connectivity index (χ1) is 14.0. The largest absolute Gasteiger partial charge is 0.464 e. The van der Waals surface area contributed by atoms with Gasteiger partial charge in [0.25, 0.3) is 0 Å². The molecule has 5 rings (SSSR count). The van der Waals surface area contributed by atoms with E-state index in [0.29, 0.717) is 15.1 Å². The van der Waals surface area contributed by atoms with E-state index in [1.807, 2.05) is 35.3 Å². The summed E-state index contributed by atoms with van der Waals surface area (Å²) in [6.45, 7) is 2.08. The van der Waals surface area contributed by atoms with Gasteiger partial charge in [-0.15, -0.1) is 0 Å². The average Bonchev–Trinajstić information content (AvgIpc) is 3.14. The highest BCUT2D eigenvalue weighted by atomic mass is 35.5. The van der Waals surface area contributed by atoms with Crippen LogP contribution in [-0.2, 0) is 0 Å². The molecule has 3 aromatic rings. The smallest absolute Gasteiger partial charge is 0.215 e. The van der Waals surface area contributed by atoms with Crippen LogP contribution in [0.3, 0.4) is 0 Å². The lowest BCUT2D eigenvalue weighted by atomic mass is 9.95. The average molecular weight is 444 g/mol. The number of nitrogens with zero attached hydrogens (tertiary/aromatic N) is 2. The van der Waals surface area contributed by atoms with Crippen LogP contribution in [0.4, 0.5) is 0 Å². The zero-order valence-corrected chi connectivity index (χ0v) is 17.8. The number of hydrogen-bond donors (Lipinski definition) is 0. The van der Waals surface area contributed by atoms with Gasteiger partial charge in [-0.05, 0) is 42.8 Å². The first-order valence-corrected chi connectivity index (χ1v) is 10.5. The Kier molecular flexibility index (Phi) is 4.70. The van der Waals surface area contributed by atoms with Crippen molar-refractivity contribution in [3.05, 3.63) is 98.0 Å². The predicted octanol–water partition coefficient (Wildman–Crippen LogP) is 7.20. The van der Waals surface area contributed by atoms with Gasteiger partial charge in [-0.1, -0.05) is 70.7 Å². The number of fused-ring (bicyclic) bond motifs is 3. The summed E-state index contributed by atoms with van der Waals surface area (Å²) in [5.74, 6) is 0.798. The number of halogens is 3. The summed E-state index contributed by atoms with van der Waals surface area (Å²) in [7, 11) is 0. The maximum atomic E-state index is 6.52. The lowest BCUT2D eigenvalue weighted by Gasteiger charge is -2.38. The van der Waals surface area contributed by atoms with Gasteiger partial charge in [-0.25, -0.2) is 5.01 Å². The summed E-state index contributed by atoms with van der Waals surface area (Å²) in [6.07, 6.45) is 0.322. The van der Waals surface area contributed by atoms with Crippen molar-refractivity contribution in [2.24, 2.45) is 5.10 Å². The molecule has 0 radical (unpaired) electrons. The Labute approximate surface area is 184 Å². The number of rotatable bonds is 2. The molecule has 0 fully saturated rings. The quantitative estimate of drug-likeness (QED) is 0.418. The van der Waals surface area contributed by atoms with E-state index in [0.717, 1.165) is 34.6 Å². The third-order valence-electron chi connectivity index (χ3n) is 5.37. The highest BCUT2D eigenvalue weighted by molar-refractivity contribution is 6.35. The van der Waals surface area contributed by atoms with Crippen molar-refractivity contribution in [3.8, 4) is 5.75 Å². The molecule has 2 aliphatic rings. The molecular weight excluding hydrogens is 427 g/mol. The molecule has 0 bridgehead atoms. The summed E-state index contributed by atoms with van der Waals surface area (Å²) in [5.41, 5.74) is 5.20. The van der Waals surface area contributed by atoms with Gasteiger partial charge >= 0.3 is 0 Å². The zero-order valence-electron chi connectivity index (χ0n) is 15.6. The van der Waals surface area contributed by atoms with Crippen LogP contribution in [-0.4, -0.2) is 10.7 Å². The van der Waals surface area contributed by atoms with Crippen LogP contribution >= 0.6 is 34.8 Å². The van der Waals surface area contributed by atoms with Gasteiger partial charge in [0.05, 0.1) is 16.8 Å². The lowest BCUT2D eigenvalue weighted by Crippen LogP contribution is -2.33. The Morgan fingerprint density at radius 2 is 1.62 bits per heavy atom. The molecule has 0 saturated carbocycles. The predicted molar refractivity (Wildman–Crippen MR) is 118 cm³/mol. The molecule has 3 aromatic carbocycles. The molecule has 0 aliphatic carbocycles. The van der Waals surface area contributed by atoms with Crippen molar-refractivity contribution >= 4 is 40.5 Å². The minimum Gasteiger partial charge on any atom is -0.464 e. The van der Waals surface area contributed by atoms with Gasteiger partial charge < -0.3 is 4.74 Å². The van der Waals surface area contributed by atoms with Crippen LogP contribution < -0.4 is 4.74 Å². The molecule has 6 heteroatoms. The SMILES string of the molecule is Cc1ccc(C2=NN3[C@H](C2)c2cc(Cl)ccc2O[C@H]3c2ccc(Cl)cc2Cl)cc1. The Balaban J connectivity index is 1.62. The minimum absolute atomic E-state index is 0.0190. The first-order valence-electron chi connectivity index (χ1n) is 9.33. The molecule has 146 valence electrons. The molecular formula is C23H17Cl3N2O. The monoisotopic (exact) mass is 442 g/mol. The van der Waals surface area contributed by atoms with Crippen LogP contribution in [0.15, 0.2) is 65.8 Å². The van der Waals surface area contributed by atoms with E-state index in [4.69, 9.17) is 44.6 Å². The number of benzene rings is 3. The van der Waals surface area contributed by atoms with Crippen molar-refractivity contribution in [2.45, 2.75) is 25.6 Å². The second-order valence-corrected chi connectivity index (χ2v) is 8.61. The fraction of sp³-hybridized carbons (Fsp3) is 0.174. The zero-order chi connectivity index (χ0) is 20.1. The summed E-state index contributed by atoms with van der Waals surface area (Å²) < 4.78 is 6.34. The molecule has 0 saturated heterocycles. The van der Waals surface area contributed by atoms with Crippen LogP contribution in [0.25, 0.3) is 0 Å². The molecule has 0 amide bonds. The Morgan fingerprint density at radius 1 is 0.897 bits per heavy atom. The molecule has 3 nitrogen and oxygen atoms in total. The van der Waals surface area contributed by atoms with E-state index in [2.05, 4.69) is 31.2 Å². The Hall–Kier alpha value is -2.20. The van der Waals surface area contributed by atoms with Crippen LogP contribution in [0.5, 0.6) is 5.75 Å². The van der Waals surface area contributed by atoms with Gasteiger partial charge in [0.15, 0.2) is 0 Å². The number of aryl methyl sites for hydroxylation is 1. The number of hydrazone groups is 1. The molecule has 0 spiro atoms. The van der Waals surface area contributed by atoms with Crippen molar-refractivity contribution in [2.75, 3.05) is 0 Å². The molecule has 2 atom stereocenters. The maximum Gasteiger partial charge on any atom is 0.215 e. The van der Waals surface area contributed by atoms with Gasteiger partial charge in [-0.3, -0.25) is 0 Å². The highest BCUT2D eigenvalue weighted by Gasteiger charge is 2.41. The Morgan fingerprint density at radius 3 is 2.38 bits per heavy atom. The van der Waals surface area contributed by atoms with Crippen molar-refractivity contribution in [1.82, 2.24) is 5.01 Å². The van der Waals surface area contributed by atoms with Gasteiger partial charge in [0.1, 0.15) is 5.75 Å². The first kappa shape index (κ1) is 18.8. The summed E-state index contributed by atoms with van der Waals surface area (Å²) in [5, 5.41) is 8.76. The number of ether oxygens (including phenoxy) is 1. The van der Waals surface area contributed by atoms with E-state index < -0.39 is 6.23 Å². The van der Waals surface area contributed by atoms with Crippen LogP contribution in [0.2, 0.25) is 15.1 Å². The normalized spacial score (nSPS) is 20.0. The molecule has 0 N–H and O–H groups in total. The highest BCUT2D eigenvalue weighted by Crippen LogP contribution is 2.49. The minimum atomic E-state index is -0.443. The second kappa shape index (κ2) is 7.24. The molecule has 2 aliphatic heterocycles. The van der Waals surface area contributed by atoms with Crippen molar-refractivity contribution < 1.29 is 4.74 Å². The molecule has 0 aromatic heterocycles. The second-order valence-electron chi connectivity index (χ2n) is 7.33. The van der Waals surface area contributed by atoms with E-state index in [1.54, 1.807) is 6.07 Å². The van der Waals surface area contributed by atoms with E-state index in [1.165, 1.54) is 5.56 Å². The van der Waals surface area contributed by atoms with Crippen LogP contribution in [0, 0.1) is 6.92 Å². The van der Waals surface area contributed by atoms with Crippen LogP contribution in [0.1, 0.15) is 40.9 Å². The molecule has 0 unspecified atom stereocenters. The topological polar surface area (TPSA) is 24.8 Å². The number of hydrogen-bond acceptors (Lipinski definition) is 3. The molecule has 2 heterocycles. The summed E-state index contributed by atoms with van der Waals surface area (Å²) >= 11 is 18.9. The Bertz CT molecular complexity index is 1130. The molecule has 29 heavy (non-hydrogen) atoms. The summed E-state index contributed by atoms with van der Waals surface area (Å²) in [4.78, 5) is 0. The maximum absolute atomic E-state index is 6.52. The van der Waals surface area contributed by atoms with E-state index >= 15 is 0 Å². The third kappa shape index (κ3) is 3.38. The van der Waals surface area contributed by atoms with Gasteiger partial charge in [0, 0.05) is 27.6 Å². The van der Waals surface area contributed by atoms with Crippen molar-refractivity contribution in [1.29, 1.82) is 0 Å².